The van der Waals surface area contributed by atoms with Crippen LogP contribution in [-0.4, -0.2) is 36.1 Å². The number of anilines is 1. The van der Waals surface area contributed by atoms with Gasteiger partial charge in [-0.05, 0) is 33.3 Å². The third-order valence-corrected chi connectivity index (χ3v) is 5.68. The Bertz CT molecular complexity index is 597. The Balaban J connectivity index is 2.67. The summed E-state index contributed by atoms with van der Waals surface area (Å²) in [5.74, 6) is -0.740. The van der Waals surface area contributed by atoms with Crippen molar-refractivity contribution >= 4 is 21.5 Å². The van der Waals surface area contributed by atoms with Gasteiger partial charge in [-0.25, -0.2) is 13.2 Å². The fourth-order valence-electron chi connectivity index (χ4n) is 1.75. The second kappa shape index (κ2) is 6.51. The first-order valence-corrected chi connectivity index (χ1v) is 8.59. The van der Waals surface area contributed by atoms with Crippen LogP contribution in [0.3, 0.4) is 0 Å². The Hall–Kier alpha value is -1.50. The van der Waals surface area contributed by atoms with E-state index in [1.54, 1.807) is 31.5 Å². The molecule has 0 saturated carbocycles. The van der Waals surface area contributed by atoms with E-state index in [0.717, 1.165) is 6.42 Å². The number of carbonyl (C=O) groups excluding carboxylic acids is 1. The minimum absolute atomic E-state index is 0.157. The molecule has 1 aromatic rings. The van der Waals surface area contributed by atoms with Gasteiger partial charge in [-0.2, -0.15) is 0 Å². The van der Waals surface area contributed by atoms with E-state index < -0.39 is 20.6 Å². The maximum absolute atomic E-state index is 12.0. The Morgan fingerprint density at radius 1 is 1.38 bits per heavy atom. The third-order valence-electron chi connectivity index (χ3n) is 3.11. The van der Waals surface area contributed by atoms with Crippen molar-refractivity contribution in [2.75, 3.05) is 18.1 Å². The van der Waals surface area contributed by atoms with E-state index in [-0.39, 0.29) is 12.4 Å². The van der Waals surface area contributed by atoms with Gasteiger partial charge in [0.15, 0.2) is 9.84 Å². The standard InChI is InChI=1S/C14H24N2O4S/c1-5-6-16-10-11(15)9-12(16)13(17)20-7-8-21(18,19)14(2,3)4/h9-10H,5-8,15H2,1-4H3. The van der Waals surface area contributed by atoms with Crippen molar-refractivity contribution in [2.24, 2.45) is 0 Å². The largest absolute Gasteiger partial charge is 0.460 e. The van der Waals surface area contributed by atoms with Gasteiger partial charge in [-0.15, -0.1) is 0 Å². The molecule has 0 amide bonds. The SMILES string of the molecule is CCCn1cc(N)cc1C(=O)OCCS(=O)(=O)C(C)(C)C. The van der Waals surface area contributed by atoms with Crippen molar-refractivity contribution in [1.82, 2.24) is 4.57 Å². The number of carbonyl (C=O) groups is 1. The van der Waals surface area contributed by atoms with Crippen LogP contribution in [-0.2, 0) is 21.1 Å². The number of nitrogens with zero attached hydrogens (tertiary/aromatic N) is 1. The number of aromatic nitrogens is 1. The van der Waals surface area contributed by atoms with Gasteiger partial charge in [-0.1, -0.05) is 6.92 Å². The zero-order valence-electron chi connectivity index (χ0n) is 13.0. The molecule has 120 valence electrons. The van der Waals surface area contributed by atoms with E-state index in [0.29, 0.717) is 17.9 Å². The molecule has 1 aromatic heterocycles. The first-order chi connectivity index (χ1) is 9.58. The van der Waals surface area contributed by atoms with Gasteiger partial charge in [0.25, 0.3) is 0 Å². The summed E-state index contributed by atoms with van der Waals surface area (Å²) in [5, 5.41) is 0. The Kier molecular flexibility index (Phi) is 5.44. The van der Waals surface area contributed by atoms with Crippen LogP contribution in [0.5, 0.6) is 0 Å². The van der Waals surface area contributed by atoms with Gasteiger partial charge in [0.1, 0.15) is 12.3 Å². The monoisotopic (exact) mass is 316 g/mol. The van der Waals surface area contributed by atoms with Crippen LogP contribution in [0.2, 0.25) is 0 Å². The summed E-state index contributed by atoms with van der Waals surface area (Å²) in [5.41, 5.74) is 6.51. The second-order valence-electron chi connectivity index (χ2n) is 5.92. The number of aryl methyl sites for hydroxylation is 1. The summed E-state index contributed by atoms with van der Waals surface area (Å²) >= 11 is 0. The molecule has 0 atom stereocenters. The van der Waals surface area contributed by atoms with Crippen LogP contribution in [0.15, 0.2) is 12.3 Å². The highest BCUT2D eigenvalue weighted by Gasteiger charge is 2.29. The summed E-state index contributed by atoms with van der Waals surface area (Å²) in [7, 11) is -3.30. The zero-order valence-corrected chi connectivity index (χ0v) is 13.9. The van der Waals surface area contributed by atoms with Gasteiger partial charge in [0, 0.05) is 12.7 Å². The number of ether oxygens (including phenoxy) is 1. The van der Waals surface area contributed by atoms with Crippen molar-refractivity contribution in [2.45, 2.75) is 45.4 Å². The van der Waals surface area contributed by atoms with Gasteiger partial charge in [0.05, 0.1) is 16.2 Å². The summed E-state index contributed by atoms with van der Waals surface area (Å²) in [6.45, 7) is 7.35. The zero-order chi connectivity index (χ0) is 16.3. The van der Waals surface area contributed by atoms with Crippen LogP contribution in [0, 0.1) is 0 Å². The maximum atomic E-state index is 12.0. The Morgan fingerprint density at radius 3 is 2.52 bits per heavy atom. The summed E-state index contributed by atoms with van der Waals surface area (Å²) in [6.07, 6.45) is 2.53. The number of rotatable bonds is 6. The maximum Gasteiger partial charge on any atom is 0.355 e. The van der Waals surface area contributed by atoms with Gasteiger partial charge in [-0.3, -0.25) is 0 Å². The molecule has 1 heterocycles. The average molecular weight is 316 g/mol. The highest BCUT2D eigenvalue weighted by Crippen LogP contribution is 2.16. The molecule has 0 spiro atoms. The smallest absolute Gasteiger partial charge is 0.355 e. The van der Waals surface area contributed by atoms with Crippen molar-refractivity contribution in [3.05, 3.63) is 18.0 Å². The summed E-state index contributed by atoms with van der Waals surface area (Å²) in [6, 6.07) is 1.54. The van der Waals surface area contributed by atoms with Crippen molar-refractivity contribution in [3.8, 4) is 0 Å². The second-order valence-corrected chi connectivity index (χ2v) is 8.78. The lowest BCUT2D eigenvalue weighted by molar-refractivity contribution is 0.0516. The van der Waals surface area contributed by atoms with E-state index in [1.165, 1.54) is 6.07 Å². The molecule has 0 aliphatic carbocycles. The number of nitrogen functional groups attached to an aromatic ring is 1. The molecule has 0 aliphatic heterocycles. The van der Waals surface area contributed by atoms with Gasteiger partial charge < -0.3 is 15.0 Å². The molecule has 6 nitrogen and oxygen atoms in total. The van der Waals surface area contributed by atoms with Crippen LogP contribution in [0.1, 0.15) is 44.6 Å². The molecule has 1 rings (SSSR count). The van der Waals surface area contributed by atoms with Gasteiger partial charge >= 0.3 is 5.97 Å². The van der Waals surface area contributed by atoms with E-state index in [9.17, 15) is 13.2 Å². The molecule has 0 fully saturated rings. The summed E-state index contributed by atoms with van der Waals surface area (Å²) in [4.78, 5) is 12.0. The molecule has 0 aliphatic rings. The first kappa shape index (κ1) is 17.6. The van der Waals surface area contributed by atoms with Gasteiger partial charge in [0.2, 0.25) is 0 Å². The Labute approximate surface area is 126 Å². The molecule has 0 unspecified atom stereocenters. The molecule has 0 aromatic carbocycles. The molecule has 2 N–H and O–H groups in total. The quantitative estimate of drug-likeness (QED) is 0.809. The van der Waals surface area contributed by atoms with E-state index in [4.69, 9.17) is 10.5 Å². The highest BCUT2D eigenvalue weighted by molar-refractivity contribution is 7.92. The van der Waals surface area contributed by atoms with Crippen LogP contribution >= 0.6 is 0 Å². The lowest BCUT2D eigenvalue weighted by atomic mass is 10.3. The normalized spacial score (nSPS) is 12.4. The topological polar surface area (TPSA) is 91.4 Å². The molecule has 0 bridgehead atoms. The fraction of sp³-hybridized carbons (Fsp3) is 0.643. The number of hydrogen-bond acceptors (Lipinski definition) is 5. The van der Waals surface area contributed by atoms with Crippen LogP contribution < -0.4 is 5.73 Å². The van der Waals surface area contributed by atoms with E-state index in [2.05, 4.69) is 0 Å². The van der Waals surface area contributed by atoms with Crippen LogP contribution in [0.25, 0.3) is 0 Å². The lowest BCUT2D eigenvalue weighted by Gasteiger charge is -2.18. The fourth-order valence-corrected chi connectivity index (χ4v) is 2.67. The number of hydrogen-bond donors (Lipinski definition) is 1. The molecular formula is C14H24N2O4S. The lowest BCUT2D eigenvalue weighted by Crippen LogP contribution is -2.32. The van der Waals surface area contributed by atoms with Crippen LogP contribution in [0.4, 0.5) is 5.69 Å². The highest BCUT2D eigenvalue weighted by atomic mass is 32.2. The van der Waals surface area contributed by atoms with E-state index in [1.807, 2.05) is 6.92 Å². The Morgan fingerprint density at radius 2 is 2.00 bits per heavy atom. The molecule has 0 saturated heterocycles. The predicted molar refractivity (Wildman–Crippen MR) is 83.0 cm³/mol. The van der Waals surface area contributed by atoms with Crippen molar-refractivity contribution in [1.29, 1.82) is 0 Å². The molecule has 21 heavy (non-hydrogen) atoms. The minimum Gasteiger partial charge on any atom is -0.460 e. The average Bonchev–Trinajstić information content (AvgIpc) is 2.69. The summed E-state index contributed by atoms with van der Waals surface area (Å²) < 4.78 is 29.8. The third kappa shape index (κ3) is 4.49. The van der Waals surface area contributed by atoms with Crippen molar-refractivity contribution < 1.29 is 17.9 Å². The van der Waals surface area contributed by atoms with Crippen molar-refractivity contribution in [3.63, 3.8) is 0 Å². The minimum atomic E-state index is -3.30. The first-order valence-electron chi connectivity index (χ1n) is 6.93. The molecule has 0 radical (unpaired) electrons. The number of sulfone groups is 1. The number of nitrogens with two attached hydrogens (primary N) is 1. The van der Waals surface area contributed by atoms with E-state index >= 15 is 0 Å². The predicted octanol–water partition coefficient (Wildman–Crippen LogP) is 1.85. The molecular weight excluding hydrogens is 292 g/mol. The number of esters is 1. The molecule has 7 heteroatoms.